The molecule has 0 bridgehead atoms. The van der Waals surface area contributed by atoms with Crippen LogP contribution in [-0.2, 0) is 26.0 Å². The molecule has 0 spiro atoms. The average molecular weight is 1140 g/mol. The lowest BCUT2D eigenvalue weighted by Crippen LogP contribution is -2.46. The summed E-state index contributed by atoms with van der Waals surface area (Å²) in [6.45, 7) is 10.6. The molecule has 2 aliphatic rings. The molecule has 2 fully saturated rings. The fourth-order valence-corrected chi connectivity index (χ4v) is 13.0. The molecule has 2 saturated heterocycles. The lowest BCUT2D eigenvalue weighted by atomic mass is 9.96. The van der Waals surface area contributed by atoms with Crippen molar-refractivity contribution in [2.45, 2.75) is 72.3 Å². The fourth-order valence-electron chi connectivity index (χ4n) is 9.83. The average Bonchev–Trinajstić information content (AvgIpc) is 3.73. The number of aliphatic carboxylic acids is 1. The molecule has 404 valence electrons. The number of anilines is 4. The summed E-state index contributed by atoms with van der Waals surface area (Å²) in [6, 6.07) is 36.5. The van der Waals surface area contributed by atoms with E-state index in [-0.39, 0.29) is 16.6 Å². The number of nitrogens with zero attached hydrogens (tertiary/aromatic N) is 4. The van der Waals surface area contributed by atoms with Gasteiger partial charge in [0.1, 0.15) is 11.2 Å². The first-order chi connectivity index (χ1) is 36.3. The number of carboxylic acids is 1. The summed E-state index contributed by atoms with van der Waals surface area (Å²) in [5.41, 5.74) is 1.47. The zero-order valence-electron chi connectivity index (χ0n) is 42.5. The Labute approximate surface area is 459 Å². The van der Waals surface area contributed by atoms with Crippen LogP contribution in [0, 0.1) is 12.8 Å². The Balaban J connectivity index is 0.943. The number of nitrogens with one attached hydrogen (secondary N) is 3. The minimum absolute atomic E-state index is 0.00462. The standard InChI is InChI=1S/C55H61ClF3N7O6S4/c1-36(2)66-37(3)50(53(67)62-75(4)70)51(52(66)38-13-15-41(56)16-14-38)40-9-8-10-45(33-40)65-31-29-64(30-32-65)44-19-17-42(18-20-44)61-74-47-21-22-48(49(34-47)76(71,72)55(57,58)59)60-43(35-73-46-11-6-5-7-12-46)25-28-63-26-23-39(24-27-63)54(68)69/h5-22,33-34,36,39,43,60-61H,23-32,35H2,1-4H3,(H,62,67)(H,68,69)/t43-,75?/m1/s1. The van der Waals surface area contributed by atoms with Gasteiger partial charge in [-0.15, -0.1) is 11.8 Å². The van der Waals surface area contributed by atoms with Crippen LogP contribution in [0.5, 0.6) is 0 Å². The van der Waals surface area contributed by atoms with E-state index in [2.05, 4.69) is 60.0 Å². The van der Waals surface area contributed by atoms with Crippen LogP contribution in [0.1, 0.15) is 55.2 Å². The van der Waals surface area contributed by atoms with Gasteiger partial charge < -0.3 is 39.0 Å². The largest absolute Gasteiger partial charge is 0.593 e. The van der Waals surface area contributed by atoms with Gasteiger partial charge in [-0.3, -0.25) is 9.59 Å². The Morgan fingerprint density at radius 3 is 2.11 bits per heavy atom. The molecule has 5 aromatic carbocycles. The highest BCUT2D eigenvalue weighted by Gasteiger charge is 2.48. The highest BCUT2D eigenvalue weighted by atomic mass is 35.5. The molecule has 2 atom stereocenters. The smallest absolute Gasteiger partial charge is 0.501 e. The molecule has 13 nitrogen and oxygen atoms in total. The molecule has 1 unspecified atom stereocenters. The number of amides is 1. The Kier molecular flexibility index (Phi) is 18.6. The van der Waals surface area contributed by atoms with Crippen molar-refractivity contribution < 1.29 is 40.8 Å². The summed E-state index contributed by atoms with van der Waals surface area (Å²) in [4.78, 5) is 32.4. The van der Waals surface area contributed by atoms with Crippen molar-refractivity contribution in [1.82, 2.24) is 14.2 Å². The van der Waals surface area contributed by atoms with Crippen LogP contribution in [0.25, 0.3) is 22.4 Å². The second kappa shape index (κ2) is 24.9. The zero-order chi connectivity index (χ0) is 54.3. The minimum Gasteiger partial charge on any atom is -0.593 e. The first-order valence-electron chi connectivity index (χ1n) is 24.9. The van der Waals surface area contributed by atoms with Crippen LogP contribution in [-0.4, -0.2) is 109 Å². The Hall–Kier alpha value is -5.48. The van der Waals surface area contributed by atoms with Gasteiger partial charge >= 0.3 is 11.5 Å². The molecule has 3 heterocycles. The van der Waals surface area contributed by atoms with Crippen LogP contribution in [0.4, 0.5) is 35.9 Å². The number of carbonyl (C=O) groups is 2. The molecule has 1 amide bonds. The number of carboxylic acid groups (broad SMARTS) is 1. The van der Waals surface area contributed by atoms with Crippen LogP contribution in [0.15, 0.2) is 136 Å². The molecule has 0 aliphatic carbocycles. The van der Waals surface area contributed by atoms with E-state index in [1.54, 1.807) is 6.07 Å². The molecule has 4 N–H and O–H groups in total. The van der Waals surface area contributed by atoms with E-state index in [1.807, 2.05) is 97.9 Å². The number of carbonyl (C=O) groups excluding carboxylic acids is 1. The van der Waals surface area contributed by atoms with Gasteiger partial charge in [0, 0.05) is 93.7 Å². The summed E-state index contributed by atoms with van der Waals surface area (Å²) in [7, 11) is -5.77. The number of alkyl halides is 3. The van der Waals surface area contributed by atoms with E-state index >= 15 is 0 Å². The highest BCUT2D eigenvalue weighted by Crippen LogP contribution is 2.43. The van der Waals surface area contributed by atoms with E-state index in [0.29, 0.717) is 87.1 Å². The Morgan fingerprint density at radius 1 is 0.829 bits per heavy atom. The van der Waals surface area contributed by atoms with Crippen molar-refractivity contribution >= 4 is 91.1 Å². The number of hydrogen-bond donors (Lipinski definition) is 4. The number of rotatable bonds is 20. The minimum atomic E-state index is -5.77. The second-order valence-corrected chi connectivity index (χ2v) is 24.6. The number of halogens is 4. The number of piperazine rings is 1. The van der Waals surface area contributed by atoms with Crippen molar-refractivity contribution in [2.24, 2.45) is 5.92 Å². The Morgan fingerprint density at radius 2 is 1.49 bits per heavy atom. The van der Waals surface area contributed by atoms with Gasteiger partial charge in [0.15, 0.2) is 0 Å². The van der Waals surface area contributed by atoms with E-state index in [4.69, 9.17) is 11.6 Å². The first-order valence-corrected chi connectivity index (χ1v) is 30.1. The van der Waals surface area contributed by atoms with Gasteiger partial charge in [0.05, 0.1) is 34.2 Å². The summed E-state index contributed by atoms with van der Waals surface area (Å²) in [6.07, 6.45) is 2.93. The molecule has 21 heteroatoms. The quantitative estimate of drug-likeness (QED) is 0.0325. The van der Waals surface area contributed by atoms with Crippen LogP contribution < -0.4 is 24.6 Å². The molecule has 0 saturated carbocycles. The highest BCUT2D eigenvalue weighted by molar-refractivity contribution is 8.00. The number of likely N-dealkylation sites (tertiary alicyclic amines) is 1. The molecular formula is C55H61ClF3N7O6S4. The number of benzene rings is 5. The normalized spacial score (nSPS) is 15.7. The van der Waals surface area contributed by atoms with Crippen molar-refractivity contribution in [3.8, 4) is 22.4 Å². The second-order valence-electron chi connectivity index (χ2n) is 19.1. The van der Waals surface area contributed by atoms with Gasteiger partial charge in [0.2, 0.25) is 0 Å². The maximum atomic E-state index is 14.3. The molecule has 6 aromatic rings. The molecule has 1 aromatic heterocycles. The number of aromatic nitrogens is 1. The van der Waals surface area contributed by atoms with Gasteiger partial charge in [-0.1, -0.05) is 54.1 Å². The van der Waals surface area contributed by atoms with Crippen molar-refractivity contribution in [2.75, 3.05) is 77.7 Å². The zero-order valence-corrected chi connectivity index (χ0v) is 46.5. The summed E-state index contributed by atoms with van der Waals surface area (Å²) >= 11 is 7.24. The SMILES string of the molecule is Cc1c(C(=O)N[S+](C)[O-])c(-c2cccc(N3CCN(c4ccc(NSc5ccc(N[C@H](CCN6CCC(C(=O)O)CC6)CSc6ccccc6)c(S(=O)(=O)C(F)(F)F)c5)cc4)CC3)c2)c(-c2ccc(Cl)cc2)n1C(C)C. The van der Waals surface area contributed by atoms with Crippen molar-refractivity contribution in [3.63, 3.8) is 0 Å². The lowest BCUT2D eigenvalue weighted by molar-refractivity contribution is -0.143. The van der Waals surface area contributed by atoms with E-state index in [0.717, 1.165) is 62.4 Å². The Bertz CT molecular complexity index is 3080. The van der Waals surface area contributed by atoms with Crippen molar-refractivity contribution in [1.29, 1.82) is 0 Å². The van der Waals surface area contributed by atoms with E-state index < -0.39 is 55.4 Å². The van der Waals surface area contributed by atoms with Crippen LogP contribution in [0.3, 0.4) is 0 Å². The van der Waals surface area contributed by atoms with Crippen LogP contribution >= 0.6 is 35.3 Å². The van der Waals surface area contributed by atoms with Crippen LogP contribution in [0.2, 0.25) is 5.02 Å². The molecule has 76 heavy (non-hydrogen) atoms. The summed E-state index contributed by atoms with van der Waals surface area (Å²) in [5.74, 6) is -1.20. The van der Waals surface area contributed by atoms with Gasteiger partial charge in [-0.05, 0) is 155 Å². The monoisotopic (exact) mass is 1140 g/mol. The first kappa shape index (κ1) is 56.7. The molecular weight excluding hydrogens is 1080 g/mol. The molecule has 8 rings (SSSR count). The van der Waals surface area contributed by atoms with Crippen molar-refractivity contribution in [3.05, 3.63) is 138 Å². The number of piperidine rings is 1. The summed E-state index contributed by atoms with van der Waals surface area (Å²) < 4.78 is 89.5. The lowest BCUT2D eigenvalue weighted by Gasteiger charge is -2.37. The van der Waals surface area contributed by atoms with Gasteiger partial charge in [0.25, 0.3) is 15.7 Å². The maximum Gasteiger partial charge on any atom is 0.501 e. The maximum absolute atomic E-state index is 14.3. The van der Waals surface area contributed by atoms with E-state index in [9.17, 15) is 40.8 Å². The third-order valence-electron chi connectivity index (χ3n) is 13.7. The number of sulfone groups is 1. The predicted molar refractivity (Wildman–Crippen MR) is 303 cm³/mol. The predicted octanol–water partition coefficient (Wildman–Crippen LogP) is 11.9. The molecule has 2 aliphatic heterocycles. The summed E-state index contributed by atoms with van der Waals surface area (Å²) in [5, 5.41) is 13.2. The van der Waals surface area contributed by atoms with Gasteiger partial charge in [-0.25, -0.2) is 8.42 Å². The van der Waals surface area contributed by atoms with Gasteiger partial charge in [-0.2, -0.15) is 17.9 Å². The topological polar surface area (TPSA) is 162 Å². The number of hydrogen-bond acceptors (Lipinski definition) is 12. The fraction of sp³-hybridized carbons (Fsp3) is 0.345. The molecule has 0 radical (unpaired) electrons. The third-order valence-corrected chi connectivity index (χ3v) is 17.9. The third kappa shape index (κ3) is 13.6. The van der Waals surface area contributed by atoms with E-state index in [1.165, 1.54) is 24.1 Å². The number of thioether (sulfide) groups is 1.